The summed E-state index contributed by atoms with van der Waals surface area (Å²) in [6.07, 6.45) is -1.85. The van der Waals surface area contributed by atoms with Crippen molar-refractivity contribution >= 4 is 23.5 Å². The Hall–Kier alpha value is -3.89. The molecule has 0 aliphatic carbocycles. The second-order valence-electron chi connectivity index (χ2n) is 6.50. The molecular formula is C20H15F3N4O4. The Morgan fingerprint density at radius 2 is 1.87 bits per heavy atom. The summed E-state index contributed by atoms with van der Waals surface area (Å²) in [7, 11) is 0. The Morgan fingerprint density at radius 3 is 2.58 bits per heavy atom. The first-order valence-corrected chi connectivity index (χ1v) is 9.15. The lowest BCUT2D eigenvalue weighted by atomic mass is 10.0. The molecule has 0 atom stereocenters. The second-order valence-corrected chi connectivity index (χ2v) is 6.50. The number of ether oxygens (including phenoxy) is 2. The average molecular weight is 432 g/mol. The maximum atomic E-state index is 13.7. The minimum Gasteiger partial charge on any atom is -0.419 e. The number of aliphatic imine (C=N–C) groups is 1. The van der Waals surface area contributed by atoms with Crippen LogP contribution in [0.25, 0.3) is 11.3 Å². The summed E-state index contributed by atoms with van der Waals surface area (Å²) in [4.78, 5) is 32.1. The molecular weight excluding hydrogens is 417 g/mol. The lowest BCUT2D eigenvalue weighted by Crippen LogP contribution is -2.26. The summed E-state index contributed by atoms with van der Waals surface area (Å²) in [5.74, 6) is -1.74. The SMILES string of the molecule is O=C1/C=C/C(=O)Oc2c(ccc(NCC3=NCCN3)c2-c2ncccc2C(F)(F)F)O1. The van der Waals surface area contributed by atoms with Gasteiger partial charge >= 0.3 is 18.1 Å². The van der Waals surface area contributed by atoms with E-state index in [1.165, 1.54) is 18.3 Å². The Labute approximate surface area is 173 Å². The second kappa shape index (κ2) is 8.09. The molecule has 0 bridgehead atoms. The van der Waals surface area contributed by atoms with Gasteiger partial charge in [0.25, 0.3) is 0 Å². The molecule has 1 aromatic carbocycles. The predicted molar refractivity (Wildman–Crippen MR) is 104 cm³/mol. The van der Waals surface area contributed by atoms with Crippen molar-refractivity contribution in [3.63, 3.8) is 0 Å². The summed E-state index contributed by atoms with van der Waals surface area (Å²) in [5, 5.41) is 6.04. The first-order valence-electron chi connectivity index (χ1n) is 9.15. The van der Waals surface area contributed by atoms with Crippen LogP contribution in [-0.4, -0.2) is 42.4 Å². The summed E-state index contributed by atoms with van der Waals surface area (Å²) in [5.41, 5.74) is -1.50. The van der Waals surface area contributed by atoms with Gasteiger partial charge < -0.3 is 20.1 Å². The topological polar surface area (TPSA) is 102 Å². The fraction of sp³-hybridized carbons (Fsp3) is 0.200. The predicted octanol–water partition coefficient (Wildman–Crippen LogP) is 2.56. The van der Waals surface area contributed by atoms with Gasteiger partial charge in [0.05, 0.1) is 29.9 Å². The van der Waals surface area contributed by atoms with E-state index in [1.54, 1.807) is 0 Å². The molecule has 0 fully saturated rings. The van der Waals surface area contributed by atoms with Crippen molar-refractivity contribution < 1.29 is 32.2 Å². The third-order valence-corrected chi connectivity index (χ3v) is 4.43. The van der Waals surface area contributed by atoms with E-state index in [4.69, 9.17) is 9.47 Å². The molecule has 0 spiro atoms. The zero-order chi connectivity index (χ0) is 22.0. The van der Waals surface area contributed by atoms with Crippen LogP contribution >= 0.6 is 0 Å². The van der Waals surface area contributed by atoms with Gasteiger partial charge in [-0.15, -0.1) is 0 Å². The monoisotopic (exact) mass is 432 g/mol. The number of anilines is 1. The molecule has 0 radical (unpaired) electrons. The molecule has 0 saturated heterocycles. The number of carbonyl (C=O) groups is 2. The van der Waals surface area contributed by atoms with Crippen molar-refractivity contribution in [3.05, 3.63) is 48.2 Å². The molecule has 160 valence electrons. The van der Waals surface area contributed by atoms with Crippen molar-refractivity contribution in [3.8, 4) is 22.8 Å². The summed E-state index contributed by atoms with van der Waals surface area (Å²) in [6, 6.07) is 4.76. The number of amidine groups is 1. The van der Waals surface area contributed by atoms with E-state index in [9.17, 15) is 22.8 Å². The molecule has 2 aromatic rings. The van der Waals surface area contributed by atoms with Gasteiger partial charge in [0.2, 0.25) is 0 Å². The number of benzene rings is 1. The van der Waals surface area contributed by atoms with Gasteiger partial charge in [-0.3, -0.25) is 9.98 Å². The van der Waals surface area contributed by atoms with Crippen LogP contribution in [0.2, 0.25) is 0 Å². The molecule has 0 unspecified atom stereocenters. The molecule has 31 heavy (non-hydrogen) atoms. The van der Waals surface area contributed by atoms with E-state index in [1.807, 2.05) is 0 Å². The normalized spacial score (nSPS) is 16.8. The fourth-order valence-electron chi connectivity index (χ4n) is 3.12. The highest BCUT2D eigenvalue weighted by molar-refractivity contribution is 5.98. The van der Waals surface area contributed by atoms with E-state index < -0.39 is 29.4 Å². The van der Waals surface area contributed by atoms with Crippen molar-refractivity contribution in [2.45, 2.75) is 6.18 Å². The lowest BCUT2D eigenvalue weighted by molar-refractivity contribution is -0.137. The lowest BCUT2D eigenvalue weighted by Gasteiger charge is -2.21. The van der Waals surface area contributed by atoms with Crippen LogP contribution in [-0.2, 0) is 15.8 Å². The zero-order valence-electron chi connectivity index (χ0n) is 15.8. The maximum absolute atomic E-state index is 13.7. The van der Waals surface area contributed by atoms with Crippen molar-refractivity contribution in [2.24, 2.45) is 4.99 Å². The standard InChI is InChI=1S/C20H15F3N4O4/c21-20(22,23)11-2-1-7-26-18(11)17-12(27-10-14-24-8-9-25-14)3-4-13-19(17)31-16(29)6-5-15(28)30-13/h1-7,27H,8-10H2,(H,24,25)/b6-5+. The number of hydrogen-bond donors (Lipinski definition) is 2. The first-order chi connectivity index (χ1) is 14.8. The number of pyridine rings is 1. The number of halogens is 3. The molecule has 3 heterocycles. The molecule has 2 aliphatic heterocycles. The van der Waals surface area contributed by atoms with E-state index in [2.05, 4.69) is 20.6 Å². The van der Waals surface area contributed by atoms with E-state index in [0.29, 0.717) is 18.9 Å². The minimum atomic E-state index is -4.73. The molecule has 0 saturated carbocycles. The third-order valence-electron chi connectivity index (χ3n) is 4.43. The van der Waals surface area contributed by atoms with E-state index in [0.717, 1.165) is 24.3 Å². The molecule has 0 amide bonds. The highest BCUT2D eigenvalue weighted by Crippen LogP contribution is 2.47. The van der Waals surface area contributed by atoms with Crippen molar-refractivity contribution in [2.75, 3.05) is 25.0 Å². The largest absolute Gasteiger partial charge is 0.419 e. The molecule has 4 rings (SSSR count). The third kappa shape index (κ3) is 4.34. The van der Waals surface area contributed by atoms with Crippen LogP contribution in [0.4, 0.5) is 18.9 Å². The summed E-state index contributed by atoms with van der Waals surface area (Å²) >= 11 is 0. The average Bonchev–Trinajstić information content (AvgIpc) is 3.24. The van der Waals surface area contributed by atoms with Crippen LogP contribution in [0.1, 0.15) is 5.56 Å². The number of nitrogens with zero attached hydrogens (tertiary/aromatic N) is 2. The number of carbonyl (C=O) groups excluding carboxylic acids is 2. The van der Waals surface area contributed by atoms with Crippen LogP contribution in [0, 0.1) is 0 Å². The van der Waals surface area contributed by atoms with Crippen LogP contribution in [0.5, 0.6) is 11.5 Å². The quantitative estimate of drug-likeness (QED) is 0.566. The molecule has 2 aliphatic rings. The maximum Gasteiger partial charge on any atom is 0.418 e. The Kier molecular flexibility index (Phi) is 5.32. The van der Waals surface area contributed by atoms with Gasteiger partial charge in [-0.25, -0.2) is 9.59 Å². The van der Waals surface area contributed by atoms with Gasteiger partial charge in [-0.2, -0.15) is 13.2 Å². The minimum absolute atomic E-state index is 0.166. The molecule has 2 N–H and O–H groups in total. The van der Waals surface area contributed by atoms with Crippen LogP contribution in [0.3, 0.4) is 0 Å². The number of rotatable bonds is 4. The number of esters is 2. The van der Waals surface area contributed by atoms with Gasteiger partial charge in [-0.05, 0) is 24.3 Å². The number of nitrogens with one attached hydrogen (secondary N) is 2. The van der Waals surface area contributed by atoms with Gasteiger partial charge in [0.15, 0.2) is 11.5 Å². The Morgan fingerprint density at radius 1 is 1.10 bits per heavy atom. The molecule has 11 heteroatoms. The summed E-state index contributed by atoms with van der Waals surface area (Å²) < 4.78 is 51.5. The number of alkyl halides is 3. The summed E-state index contributed by atoms with van der Waals surface area (Å²) in [6.45, 7) is 1.44. The van der Waals surface area contributed by atoms with E-state index >= 15 is 0 Å². The van der Waals surface area contributed by atoms with Crippen molar-refractivity contribution in [1.82, 2.24) is 10.3 Å². The smallest absolute Gasteiger partial charge is 0.418 e. The van der Waals surface area contributed by atoms with Gasteiger partial charge in [0.1, 0.15) is 5.84 Å². The van der Waals surface area contributed by atoms with Crippen LogP contribution < -0.4 is 20.1 Å². The van der Waals surface area contributed by atoms with Gasteiger partial charge in [-0.1, -0.05) is 0 Å². The number of fused-ring (bicyclic) bond motifs is 1. The molecule has 1 aromatic heterocycles. The fourth-order valence-corrected chi connectivity index (χ4v) is 3.12. The highest BCUT2D eigenvalue weighted by atomic mass is 19.4. The number of aromatic nitrogens is 1. The molecule has 8 nitrogen and oxygen atoms in total. The van der Waals surface area contributed by atoms with Crippen molar-refractivity contribution in [1.29, 1.82) is 0 Å². The van der Waals surface area contributed by atoms with E-state index in [-0.39, 0.29) is 29.3 Å². The van der Waals surface area contributed by atoms with Gasteiger partial charge in [0, 0.05) is 30.6 Å². The zero-order valence-corrected chi connectivity index (χ0v) is 15.8. The Balaban J connectivity index is 1.90. The Bertz CT molecular complexity index is 1110. The highest BCUT2D eigenvalue weighted by Gasteiger charge is 2.37. The first kappa shape index (κ1) is 20.4. The van der Waals surface area contributed by atoms with Crippen LogP contribution in [0.15, 0.2) is 47.6 Å². The number of hydrogen-bond acceptors (Lipinski definition) is 8.